The fraction of sp³-hybridized carbons (Fsp3) is 0.0769. The van der Waals surface area contributed by atoms with E-state index >= 15 is 0 Å². The van der Waals surface area contributed by atoms with E-state index in [1.807, 2.05) is 37.3 Å². The zero-order valence-corrected chi connectivity index (χ0v) is 11.0. The summed E-state index contributed by atoms with van der Waals surface area (Å²) < 4.78 is 0.559. The molecule has 0 atom stereocenters. The van der Waals surface area contributed by atoms with Crippen LogP contribution in [0.1, 0.15) is 5.56 Å². The first-order chi connectivity index (χ1) is 9.25. The molecule has 2 N–H and O–H groups in total. The van der Waals surface area contributed by atoms with Gasteiger partial charge in [-0.3, -0.25) is 5.10 Å². The number of hydrogen-bond donors (Lipinski definition) is 2. The minimum absolute atomic E-state index is 0.559. The topological polar surface area (TPSA) is 70.2 Å². The SMILES string of the molecule is Cc1c(-c2ccccc2)[nH]c(-c2ncn[nH]2)nc1=S. The van der Waals surface area contributed by atoms with E-state index in [2.05, 4.69) is 25.1 Å². The van der Waals surface area contributed by atoms with Crippen LogP contribution in [0.5, 0.6) is 0 Å². The van der Waals surface area contributed by atoms with Crippen LogP contribution in [-0.2, 0) is 0 Å². The molecule has 0 bridgehead atoms. The van der Waals surface area contributed by atoms with Crippen molar-refractivity contribution in [1.82, 2.24) is 25.1 Å². The van der Waals surface area contributed by atoms with Crippen molar-refractivity contribution >= 4 is 12.2 Å². The Kier molecular flexibility index (Phi) is 2.92. The Hall–Kier alpha value is -2.34. The first-order valence-corrected chi connectivity index (χ1v) is 6.18. The van der Waals surface area contributed by atoms with Gasteiger partial charge in [0.1, 0.15) is 11.0 Å². The number of nitrogens with one attached hydrogen (secondary N) is 2. The molecular formula is C13H11N5S. The van der Waals surface area contributed by atoms with E-state index in [0.29, 0.717) is 16.3 Å². The van der Waals surface area contributed by atoms with Crippen molar-refractivity contribution in [3.63, 3.8) is 0 Å². The molecule has 0 aliphatic rings. The quantitative estimate of drug-likeness (QED) is 0.702. The van der Waals surface area contributed by atoms with Crippen LogP contribution in [0.3, 0.4) is 0 Å². The second-order valence-electron chi connectivity index (χ2n) is 4.09. The fourth-order valence-electron chi connectivity index (χ4n) is 1.86. The molecule has 19 heavy (non-hydrogen) atoms. The number of nitrogens with zero attached hydrogens (tertiary/aromatic N) is 3. The van der Waals surface area contributed by atoms with Crippen LogP contribution in [-0.4, -0.2) is 25.1 Å². The minimum atomic E-state index is 0.559. The molecule has 0 saturated heterocycles. The van der Waals surface area contributed by atoms with E-state index in [1.165, 1.54) is 6.33 Å². The average Bonchev–Trinajstić information content (AvgIpc) is 2.97. The van der Waals surface area contributed by atoms with E-state index < -0.39 is 0 Å². The molecule has 0 spiro atoms. The summed E-state index contributed by atoms with van der Waals surface area (Å²) in [6.07, 6.45) is 1.44. The van der Waals surface area contributed by atoms with Crippen LogP contribution in [0.4, 0.5) is 0 Å². The number of hydrogen-bond acceptors (Lipinski definition) is 4. The van der Waals surface area contributed by atoms with Gasteiger partial charge in [0.25, 0.3) is 0 Å². The molecule has 3 rings (SSSR count). The van der Waals surface area contributed by atoms with E-state index in [0.717, 1.165) is 16.8 Å². The van der Waals surface area contributed by atoms with Crippen molar-refractivity contribution in [3.05, 3.63) is 46.9 Å². The van der Waals surface area contributed by atoms with Gasteiger partial charge in [-0.15, -0.1) is 0 Å². The van der Waals surface area contributed by atoms with Gasteiger partial charge in [-0.05, 0) is 12.5 Å². The van der Waals surface area contributed by atoms with Gasteiger partial charge in [0, 0.05) is 5.56 Å². The number of aromatic amines is 2. The second-order valence-corrected chi connectivity index (χ2v) is 4.48. The number of rotatable bonds is 2. The van der Waals surface area contributed by atoms with Crippen LogP contribution in [0.2, 0.25) is 0 Å². The third-order valence-electron chi connectivity index (χ3n) is 2.85. The van der Waals surface area contributed by atoms with Crippen LogP contribution >= 0.6 is 12.2 Å². The number of H-pyrrole nitrogens is 2. The zero-order chi connectivity index (χ0) is 13.2. The fourth-order valence-corrected chi connectivity index (χ4v) is 2.05. The van der Waals surface area contributed by atoms with Gasteiger partial charge in [-0.2, -0.15) is 5.10 Å². The van der Waals surface area contributed by atoms with Gasteiger partial charge in [0.15, 0.2) is 11.6 Å². The van der Waals surface area contributed by atoms with Gasteiger partial charge in [-0.25, -0.2) is 9.97 Å². The van der Waals surface area contributed by atoms with Crippen molar-refractivity contribution in [3.8, 4) is 22.9 Å². The highest BCUT2D eigenvalue weighted by molar-refractivity contribution is 7.71. The molecule has 2 aromatic heterocycles. The standard InChI is InChI=1S/C13H11N5S/c1-8-10(9-5-3-2-4-6-9)16-12(17-13(8)19)11-14-7-15-18-11/h2-7H,1H3,(H,14,15,18)(H,16,17,19). The summed E-state index contributed by atoms with van der Waals surface area (Å²) >= 11 is 5.31. The largest absolute Gasteiger partial charge is 0.336 e. The highest BCUT2D eigenvalue weighted by Gasteiger charge is 2.10. The Morgan fingerprint density at radius 3 is 2.58 bits per heavy atom. The maximum Gasteiger partial charge on any atom is 0.191 e. The normalized spacial score (nSPS) is 10.6. The van der Waals surface area contributed by atoms with Gasteiger partial charge >= 0.3 is 0 Å². The first kappa shape index (κ1) is 11.7. The van der Waals surface area contributed by atoms with Gasteiger partial charge in [0.05, 0.1) is 5.69 Å². The molecule has 0 fully saturated rings. The number of benzene rings is 1. The molecular weight excluding hydrogens is 258 g/mol. The lowest BCUT2D eigenvalue weighted by molar-refractivity contribution is 1.05. The molecule has 0 aliphatic heterocycles. The summed E-state index contributed by atoms with van der Waals surface area (Å²) in [6, 6.07) is 10.0. The number of aromatic nitrogens is 5. The van der Waals surface area contributed by atoms with Crippen molar-refractivity contribution < 1.29 is 0 Å². The highest BCUT2D eigenvalue weighted by atomic mass is 32.1. The van der Waals surface area contributed by atoms with Crippen LogP contribution < -0.4 is 0 Å². The molecule has 0 radical (unpaired) electrons. The molecule has 5 nitrogen and oxygen atoms in total. The highest BCUT2D eigenvalue weighted by Crippen LogP contribution is 2.23. The van der Waals surface area contributed by atoms with E-state index in [9.17, 15) is 0 Å². The van der Waals surface area contributed by atoms with Crippen LogP contribution in [0.25, 0.3) is 22.9 Å². The third kappa shape index (κ3) is 2.17. The molecule has 0 unspecified atom stereocenters. The lowest BCUT2D eigenvalue weighted by atomic mass is 10.1. The lowest BCUT2D eigenvalue weighted by Crippen LogP contribution is -1.98. The summed E-state index contributed by atoms with van der Waals surface area (Å²) in [5.41, 5.74) is 2.96. The summed E-state index contributed by atoms with van der Waals surface area (Å²) in [5, 5.41) is 6.60. The van der Waals surface area contributed by atoms with E-state index in [4.69, 9.17) is 12.2 Å². The maximum absolute atomic E-state index is 5.31. The third-order valence-corrected chi connectivity index (χ3v) is 3.25. The molecule has 3 aromatic rings. The predicted octanol–water partition coefficient (Wildman–Crippen LogP) is 2.90. The zero-order valence-electron chi connectivity index (χ0n) is 10.2. The van der Waals surface area contributed by atoms with Gasteiger partial charge in [-0.1, -0.05) is 42.5 Å². The summed E-state index contributed by atoms with van der Waals surface area (Å²) in [5.74, 6) is 1.16. The van der Waals surface area contributed by atoms with Crippen molar-refractivity contribution in [2.24, 2.45) is 0 Å². The minimum Gasteiger partial charge on any atom is -0.336 e. The molecule has 94 valence electrons. The van der Waals surface area contributed by atoms with Crippen molar-refractivity contribution in [2.45, 2.75) is 6.92 Å². The molecule has 0 amide bonds. The molecule has 0 saturated carbocycles. The Morgan fingerprint density at radius 1 is 1.11 bits per heavy atom. The smallest absolute Gasteiger partial charge is 0.191 e. The molecule has 1 aromatic carbocycles. The summed E-state index contributed by atoms with van der Waals surface area (Å²) in [4.78, 5) is 11.7. The Morgan fingerprint density at radius 2 is 1.89 bits per heavy atom. The summed E-state index contributed by atoms with van der Waals surface area (Å²) in [7, 11) is 0. The molecule has 6 heteroatoms. The van der Waals surface area contributed by atoms with Crippen LogP contribution in [0, 0.1) is 11.6 Å². The van der Waals surface area contributed by atoms with E-state index in [1.54, 1.807) is 0 Å². The second kappa shape index (κ2) is 4.74. The average molecular weight is 269 g/mol. The summed E-state index contributed by atoms with van der Waals surface area (Å²) in [6.45, 7) is 1.96. The Labute approximate surface area is 114 Å². The van der Waals surface area contributed by atoms with E-state index in [-0.39, 0.29) is 0 Å². The molecule has 0 aliphatic carbocycles. The van der Waals surface area contributed by atoms with Crippen LogP contribution in [0.15, 0.2) is 36.7 Å². The van der Waals surface area contributed by atoms with Gasteiger partial charge in [0.2, 0.25) is 0 Å². The Balaban J connectivity index is 2.23. The molecule has 2 heterocycles. The van der Waals surface area contributed by atoms with Gasteiger partial charge < -0.3 is 4.98 Å². The maximum atomic E-state index is 5.31. The van der Waals surface area contributed by atoms with Crippen molar-refractivity contribution in [2.75, 3.05) is 0 Å². The Bertz CT molecular complexity index is 746. The lowest BCUT2D eigenvalue weighted by Gasteiger charge is -2.08. The monoisotopic (exact) mass is 269 g/mol. The predicted molar refractivity (Wildman–Crippen MR) is 75.0 cm³/mol. The first-order valence-electron chi connectivity index (χ1n) is 5.78. The van der Waals surface area contributed by atoms with Crippen molar-refractivity contribution in [1.29, 1.82) is 0 Å².